The van der Waals surface area contributed by atoms with Crippen LogP contribution in [-0.4, -0.2) is 95.1 Å². The molecule has 2 heterocycles. The fourth-order valence-electron chi connectivity index (χ4n) is 6.68. The molecule has 3 N–H and O–H groups in total. The molecule has 6 amide bonds. The molecule has 3 aromatic rings. The minimum Gasteiger partial charge on any atom is -0.444 e. The fourth-order valence-corrected chi connectivity index (χ4v) is 6.68. The van der Waals surface area contributed by atoms with Gasteiger partial charge in [-0.3, -0.25) is 24.1 Å². The van der Waals surface area contributed by atoms with Crippen LogP contribution < -0.4 is 16.1 Å². The second-order valence-corrected chi connectivity index (χ2v) is 15.2. The molecule has 58 heavy (non-hydrogen) atoms. The zero-order valence-electron chi connectivity index (χ0n) is 33.6. The Hall–Kier alpha value is -6.03. The van der Waals surface area contributed by atoms with Gasteiger partial charge in [-0.15, -0.1) is 0 Å². The average Bonchev–Trinajstić information content (AvgIpc) is 3.61. The normalized spacial score (nSPS) is 16.3. The van der Waals surface area contributed by atoms with E-state index in [1.165, 1.54) is 24.9 Å². The quantitative estimate of drug-likeness (QED) is 0.217. The van der Waals surface area contributed by atoms with Gasteiger partial charge in [0.25, 0.3) is 11.8 Å². The Bertz CT molecular complexity index is 1980. The van der Waals surface area contributed by atoms with E-state index in [2.05, 4.69) is 16.1 Å². The molecular formula is C42H51FN6O9. The highest BCUT2D eigenvalue weighted by molar-refractivity contribution is 6.02. The highest BCUT2D eigenvalue weighted by Gasteiger charge is 2.44. The predicted octanol–water partition coefficient (Wildman–Crippen LogP) is 5.32. The molecule has 2 aliphatic heterocycles. The van der Waals surface area contributed by atoms with Gasteiger partial charge in [0.1, 0.15) is 36.2 Å². The summed E-state index contributed by atoms with van der Waals surface area (Å²) in [5.74, 6) is -3.80. The predicted molar refractivity (Wildman–Crippen MR) is 210 cm³/mol. The molecule has 15 nitrogen and oxygen atoms in total. The number of rotatable bonds is 11. The number of hydrogen-bond acceptors (Lipinski definition) is 9. The number of nitrogens with one attached hydrogen (secondary N) is 3. The summed E-state index contributed by atoms with van der Waals surface area (Å²) < 4.78 is 31.6. The number of ether oxygens (including phenoxy) is 3. The first-order valence-corrected chi connectivity index (χ1v) is 19.2. The molecule has 0 radical (unpaired) electrons. The average molecular weight is 803 g/mol. The number of likely N-dealkylation sites (N-methyl/N-ethyl adjacent to an activating group) is 1. The molecule has 5 rings (SSSR count). The summed E-state index contributed by atoms with van der Waals surface area (Å²) in [6, 6.07) is 16.0. The van der Waals surface area contributed by atoms with Crippen molar-refractivity contribution in [2.24, 2.45) is 5.92 Å². The smallest absolute Gasteiger partial charge is 0.426 e. The molecule has 0 spiro atoms. The largest absolute Gasteiger partial charge is 0.444 e. The molecule has 0 unspecified atom stereocenters. The first kappa shape index (κ1) is 43.1. The van der Waals surface area contributed by atoms with Gasteiger partial charge in [0, 0.05) is 38.9 Å². The van der Waals surface area contributed by atoms with E-state index in [9.17, 15) is 28.8 Å². The van der Waals surface area contributed by atoms with Gasteiger partial charge in [-0.05, 0) is 88.3 Å². The van der Waals surface area contributed by atoms with Crippen molar-refractivity contribution in [2.45, 2.75) is 84.3 Å². The summed E-state index contributed by atoms with van der Waals surface area (Å²) in [6.45, 7) is 9.02. The first-order valence-electron chi connectivity index (χ1n) is 19.2. The molecule has 16 heteroatoms. The number of amides is 6. The number of fused-ring (bicyclic) bond motifs is 1. The summed E-state index contributed by atoms with van der Waals surface area (Å²) in [7, 11) is 1.43. The van der Waals surface area contributed by atoms with Crippen LogP contribution in [0.4, 0.5) is 19.7 Å². The maximum atomic E-state index is 15.4. The molecule has 1 saturated heterocycles. The Labute approximate surface area is 337 Å². The summed E-state index contributed by atoms with van der Waals surface area (Å²) in [4.78, 5) is 83.9. The minimum absolute atomic E-state index is 0.0224. The van der Waals surface area contributed by atoms with E-state index >= 15 is 4.39 Å². The Morgan fingerprint density at radius 1 is 0.966 bits per heavy atom. The fraction of sp³-hybridized carbons (Fsp3) is 0.429. The van der Waals surface area contributed by atoms with Crippen molar-refractivity contribution in [1.82, 2.24) is 25.6 Å². The molecular weight excluding hydrogens is 751 g/mol. The molecule has 0 saturated carbocycles. The van der Waals surface area contributed by atoms with Crippen molar-refractivity contribution in [1.29, 1.82) is 0 Å². The zero-order valence-corrected chi connectivity index (χ0v) is 33.6. The van der Waals surface area contributed by atoms with Gasteiger partial charge in [0.2, 0.25) is 11.8 Å². The number of nitrogens with zero attached hydrogens (tertiary/aromatic N) is 3. The third-order valence-corrected chi connectivity index (χ3v) is 9.95. The Kier molecular flexibility index (Phi) is 14.1. The van der Waals surface area contributed by atoms with Gasteiger partial charge >= 0.3 is 12.2 Å². The summed E-state index contributed by atoms with van der Waals surface area (Å²) in [5.41, 5.74) is 3.16. The summed E-state index contributed by atoms with van der Waals surface area (Å²) >= 11 is 0. The highest BCUT2D eigenvalue weighted by Crippen LogP contribution is 2.37. The van der Waals surface area contributed by atoms with Crippen molar-refractivity contribution in [3.05, 3.63) is 101 Å². The van der Waals surface area contributed by atoms with E-state index in [0.717, 1.165) is 27.6 Å². The van der Waals surface area contributed by atoms with Crippen LogP contribution >= 0.6 is 0 Å². The van der Waals surface area contributed by atoms with Crippen LogP contribution in [0.25, 0.3) is 0 Å². The van der Waals surface area contributed by atoms with E-state index < -0.39 is 65.4 Å². The first-order chi connectivity index (χ1) is 27.6. The molecule has 310 valence electrons. The highest BCUT2D eigenvalue weighted by atomic mass is 19.1. The molecule has 2 aliphatic rings. The van der Waals surface area contributed by atoms with Crippen molar-refractivity contribution in [2.75, 3.05) is 32.1 Å². The summed E-state index contributed by atoms with van der Waals surface area (Å²) in [5, 5.41) is 6.44. The lowest BCUT2D eigenvalue weighted by atomic mass is 9.90. The monoisotopic (exact) mass is 802 g/mol. The van der Waals surface area contributed by atoms with Crippen molar-refractivity contribution in [3.8, 4) is 0 Å². The molecule has 0 bridgehead atoms. The lowest BCUT2D eigenvalue weighted by Gasteiger charge is -2.36. The lowest BCUT2D eigenvalue weighted by molar-refractivity contribution is -0.144. The van der Waals surface area contributed by atoms with Crippen molar-refractivity contribution in [3.63, 3.8) is 0 Å². The Morgan fingerprint density at radius 2 is 1.64 bits per heavy atom. The van der Waals surface area contributed by atoms with Gasteiger partial charge in [-0.25, -0.2) is 24.4 Å². The van der Waals surface area contributed by atoms with Gasteiger partial charge in [0.15, 0.2) is 0 Å². The maximum absolute atomic E-state index is 15.4. The number of carbonyl (C=O) groups is 6. The second-order valence-electron chi connectivity index (χ2n) is 15.2. The number of halogens is 1. The number of anilines is 1. The van der Waals surface area contributed by atoms with E-state index in [1.54, 1.807) is 76.2 Å². The van der Waals surface area contributed by atoms with E-state index in [1.807, 2.05) is 6.07 Å². The SMILES string of the molecule is CCN(NC(=O)OCc1ccccc1)C(=O)c1ccc(F)c(NC(=O)[C@@H]2c3ccccc3CN2C(=O)[C@@H](NC(=O)[C@H](C)N(C)C(=O)OC(C)(C)C)C2CCOCC2)c1. The molecule has 1 fully saturated rings. The molecule has 0 aromatic heterocycles. The van der Waals surface area contributed by atoms with Crippen LogP contribution in [0.5, 0.6) is 0 Å². The zero-order chi connectivity index (χ0) is 42.1. The van der Waals surface area contributed by atoms with Crippen LogP contribution in [0.15, 0.2) is 72.8 Å². The third-order valence-electron chi connectivity index (χ3n) is 9.95. The molecule has 3 atom stereocenters. The molecule has 3 aromatic carbocycles. The summed E-state index contributed by atoms with van der Waals surface area (Å²) in [6.07, 6.45) is -0.691. The Balaban J connectivity index is 1.35. The van der Waals surface area contributed by atoms with E-state index in [-0.39, 0.29) is 36.9 Å². The topological polar surface area (TPSA) is 176 Å². The van der Waals surface area contributed by atoms with E-state index in [0.29, 0.717) is 37.2 Å². The van der Waals surface area contributed by atoms with Gasteiger partial charge < -0.3 is 29.7 Å². The Morgan fingerprint density at radius 3 is 2.31 bits per heavy atom. The van der Waals surface area contributed by atoms with E-state index in [4.69, 9.17) is 14.2 Å². The van der Waals surface area contributed by atoms with Crippen LogP contribution in [-0.2, 0) is 41.7 Å². The van der Waals surface area contributed by atoms with Crippen LogP contribution in [0, 0.1) is 11.7 Å². The number of carbonyl (C=O) groups excluding carboxylic acids is 6. The van der Waals surface area contributed by atoms with Crippen LogP contribution in [0.3, 0.4) is 0 Å². The van der Waals surface area contributed by atoms with Gasteiger partial charge in [-0.2, -0.15) is 0 Å². The van der Waals surface area contributed by atoms with Crippen molar-refractivity contribution < 1.29 is 47.4 Å². The third kappa shape index (κ3) is 10.7. The maximum Gasteiger partial charge on any atom is 0.426 e. The lowest BCUT2D eigenvalue weighted by Crippen LogP contribution is -2.57. The minimum atomic E-state index is -1.24. The van der Waals surface area contributed by atoms with Crippen LogP contribution in [0.2, 0.25) is 0 Å². The number of hydrogen-bond donors (Lipinski definition) is 3. The number of hydrazine groups is 1. The van der Waals surface area contributed by atoms with Gasteiger partial charge in [-0.1, -0.05) is 54.6 Å². The standard InChI is InChI=1S/C42H51FN6O9/c1-7-49(46-40(54)57-25-27-13-9-8-10-14-27)38(52)29-17-18-32(43)33(23-29)44-37(51)35-31-16-12-11-15-30(31)24-48(35)39(53)34(28-19-21-56-22-20-28)45-36(50)26(2)47(6)41(55)58-42(3,4)5/h8-18,23,26,28,34-35H,7,19-22,24-25H2,1-6H3,(H,44,51)(H,45,50)(H,46,54)/t26-,34-,35-/m0/s1. The molecule has 0 aliphatic carbocycles. The van der Waals surface area contributed by atoms with Crippen LogP contribution in [0.1, 0.15) is 80.6 Å². The second kappa shape index (κ2) is 18.9. The number of benzene rings is 3. The van der Waals surface area contributed by atoms with Gasteiger partial charge in [0.05, 0.1) is 5.69 Å². The van der Waals surface area contributed by atoms with Crippen molar-refractivity contribution >= 4 is 41.5 Å².